The molecule has 2 aromatic rings. The number of methoxy groups -OCH3 is 1. The van der Waals surface area contributed by atoms with Gasteiger partial charge in [0.25, 0.3) is 0 Å². The van der Waals surface area contributed by atoms with E-state index in [1.54, 1.807) is 19.5 Å². The van der Waals surface area contributed by atoms with E-state index < -0.39 is 15.8 Å². The average molecular weight is 405 g/mol. The topological polar surface area (TPSA) is 62.7 Å². The second-order valence-electron chi connectivity index (χ2n) is 7.29. The van der Waals surface area contributed by atoms with Gasteiger partial charge in [-0.05, 0) is 48.7 Å². The Bertz CT molecular complexity index is 917. The van der Waals surface area contributed by atoms with Crippen LogP contribution in [0.15, 0.2) is 53.7 Å². The molecule has 0 aliphatic carbocycles. The number of pyridine rings is 1. The first-order valence-electron chi connectivity index (χ1n) is 9.45. The summed E-state index contributed by atoms with van der Waals surface area (Å²) in [5.41, 5.74) is 1.17. The molecular formula is C20H24FN3O3S. The maximum Gasteiger partial charge on any atom is 0.243 e. The molecule has 0 amide bonds. The molecule has 2 atom stereocenters. The largest absolute Gasteiger partial charge is 0.378 e. The number of hydrogen-bond acceptors (Lipinski definition) is 5. The van der Waals surface area contributed by atoms with Crippen molar-refractivity contribution in [2.45, 2.75) is 35.9 Å². The number of piperidine rings is 1. The zero-order chi connectivity index (χ0) is 19.7. The predicted molar refractivity (Wildman–Crippen MR) is 103 cm³/mol. The molecule has 2 aliphatic rings. The molecule has 150 valence electrons. The fraction of sp³-hybridized carbons (Fsp3) is 0.450. The number of halogens is 1. The molecule has 8 heteroatoms. The Kier molecular flexibility index (Phi) is 5.46. The highest BCUT2D eigenvalue weighted by molar-refractivity contribution is 7.89. The summed E-state index contributed by atoms with van der Waals surface area (Å²) in [7, 11) is -1.94. The van der Waals surface area contributed by atoms with Crippen LogP contribution in [0, 0.1) is 5.82 Å². The first-order valence-corrected chi connectivity index (χ1v) is 10.9. The van der Waals surface area contributed by atoms with E-state index in [1.807, 2.05) is 12.1 Å². The summed E-state index contributed by atoms with van der Waals surface area (Å²) in [5, 5.41) is 0. The van der Waals surface area contributed by atoms with Gasteiger partial charge >= 0.3 is 0 Å². The SMILES string of the molecule is COC1CN(C2CCN(S(=O)(=O)c3cccc(F)c3)CC2)C1c1ccncc1. The van der Waals surface area contributed by atoms with Crippen molar-refractivity contribution in [2.24, 2.45) is 0 Å². The summed E-state index contributed by atoms with van der Waals surface area (Å²) in [6.45, 7) is 1.70. The van der Waals surface area contributed by atoms with Gasteiger partial charge in [0.05, 0.1) is 17.0 Å². The van der Waals surface area contributed by atoms with E-state index >= 15 is 0 Å². The van der Waals surface area contributed by atoms with Crippen LogP contribution in [0.4, 0.5) is 4.39 Å². The number of ether oxygens (including phenoxy) is 1. The predicted octanol–water partition coefficient (Wildman–Crippen LogP) is 2.45. The molecule has 2 saturated heterocycles. The van der Waals surface area contributed by atoms with Crippen molar-refractivity contribution in [3.8, 4) is 0 Å². The van der Waals surface area contributed by atoms with Gasteiger partial charge in [-0.3, -0.25) is 9.88 Å². The molecule has 1 aromatic heterocycles. The standard InChI is InChI=1S/C20H24FN3O3S/c1-27-19-14-24(20(19)15-5-9-22-10-6-15)17-7-11-23(12-8-17)28(25,26)18-4-2-3-16(21)13-18/h2-6,9-10,13,17,19-20H,7-8,11-12,14H2,1H3. The summed E-state index contributed by atoms with van der Waals surface area (Å²) in [6.07, 6.45) is 5.19. The van der Waals surface area contributed by atoms with Gasteiger partial charge in [0, 0.05) is 45.2 Å². The van der Waals surface area contributed by atoms with Gasteiger partial charge in [-0.15, -0.1) is 0 Å². The fourth-order valence-corrected chi connectivity index (χ4v) is 5.74. The normalized spacial score (nSPS) is 24.8. The van der Waals surface area contributed by atoms with Gasteiger partial charge < -0.3 is 4.74 Å². The minimum Gasteiger partial charge on any atom is -0.378 e. The molecule has 0 radical (unpaired) electrons. The zero-order valence-corrected chi connectivity index (χ0v) is 16.6. The summed E-state index contributed by atoms with van der Waals surface area (Å²) in [4.78, 5) is 6.50. The van der Waals surface area contributed by atoms with Crippen LogP contribution in [0.3, 0.4) is 0 Å². The lowest BCUT2D eigenvalue weighted by molar-refractivity contribution is -0.114. The maximum atomic E-state index is 13.5. The smallest absolute Gasteiger partial charge is 0.243 e. The third-order valence-corrected chi connectivity index (χ3v) is 7.67. The molecule has 4 rings (SSSR count). The Morgan fingerprint density at radius 1 is 1.14 bits per heavy atom. The Hall–Kier alpha value is -1.87. The maximum absolute atomic E-state index is 13.5. The van der Waals surface area contributed by atoms with E-state index in [-0.39, 0.29) is 17.0 Å². The molecule has 2 unspecified atom stereocenters. The summed E-state index contributed by atoms with van der Waals surface area (Å²) in [6, 6.07) is 9.69. The second kappa shape index (κ2) is 7.87. The molecule has 3 heterocycles. The van der Waals surface area contributed by atoms with Crippen molar-refractivity contribution in [2.75, 3.05) is 26.7 Å². The summed E-state index contributed by atoms with van der Waals surface area (Å²) < 4.78 is 46.1. The van der Waals surface area contributed by atoms with Gasteiger partial charge in [-0.2, -0.15) is 4.31 Å². The van der Waals surface area contributed by atoms with Crippen LogP contribution < -0.4 is 0 Å². The highest BCUT2D eigenvalue weighted by Gasteiger charge is 2.45. The number of aromatic nitrogens is 1. The quantitative estimate of drug-likeness (QED) is 0.765. The molecule has 0 spiro atoms. The third kappa shape index (κ3) is 3.57. The highest BCUT2D eigenvalue weighted by atomic mass is 32.2. The lowest BCUT2D eigenvalue weighted by Crippen LogP contribution is -2.60. The lowest BCUT2D eigenvalue weighted by atomic mass is 9.87. The van der Waals surface area contributed by atoms with Gasteiger partial charge in [-0.25, -0.2) is 12.8 Å². The highest BCUT2D eigenvalue weighted by Crippen LogP contribution is 2.39. The number of nitrogens with zero attached hydrogens (tertiary/aromatic N) is 3. The minimum atomic E-state index is -3.66. The van der Waals surface area contributed by atoms with E-state index in [0.717, 1.165) is 25.5 Å². The lowest BCUT2D eigenvalue weighted by Gasteiger charge is -2.52. The van der Waals surface area contributed by atoms with Crippen molar-refractivity contribution >= 4 is 10.0 Å². The van der Waals surface area contributed by atoms with Crippen LogP contribution in [0.2, 0.25) is 0 Å². The number of benzene rings is 1. The van der Waals surface area contributed by atoms with Crippen LogP contribution in [-0.2, 0) is 14.8 Å². The first kappa shape index (κ1) is 19.4. The molecule has 2 aliphatic heterocycles. The van der Waals surface area contributed by atoms with Crippen molar-refractivity contribution in [3.05, 3.63) is 60.2 Å². The summed E-state index contributed by atoms with van der Waals surface area (Å²) in [5.74, 6) is -0.539. The van der Waals surface area contributed by atoms with E-state index in [0.29, 0.717) is 19.1 Å². The van der Waals surface area contributed by atoms with Gasteiger partial charge in [-0.1, -0.05) is 6.07 Å². The number of sulfonamides is 1. The molecule has 28 heavy (non-hydrogen) atoms. The fourth-order valence-electron chi connectivity index (χ4n) is 4.23. The van der Waals surface area contributed by atoms with Crippen LogP contribution in [0.5, 0.6) is 0 Å². The van der Waals surface area contributed by atoms with Crippen molar-refractivity contribution in [1.82, 2.24) is 14.2 Å². The van der Waals surface area contributed by atoms with Gasteiger partial charge in [0.1, 0.15) is 5.82 Å². The van der Waals surface area contributed by atoms with Gasteiger partial charge in [0.15, 0.2) is 0 Å². The average Bonchev–Trinajstić information content (AvgIpc) is 2.69. The monoisotopic (exact) mass is 405 g/mol. The molecule has 2 fully saturated rings. The van der Waals surface area contributed by atoms with Crippen LogP contribution in [0.25, 0.3) is 0 Å². The molecule has 0 saturated carbocycles. The Morgan fingerprint density at radius 2 is 1.86 bits per heavy atom. The van der Waals surface area contributed by atoms with Crippen LogP contribution in [-0.4, -0.2) is 61.5 Å². The third-order valence-electron chi connectivity index (χ3n) is 5.78. The molecule has 0 bridgehead atoms. The van der Waals surface area contributed by atoms with E-state index in [2.05, 4.69) is 9.88 Å². The minimum absolute atomic E-state index is 0.0176. The van der Waals surface area contributed by atoms with Crippen LogP contribution in [0.1, 0.15) is 24.4 Å². The van der Waals surface area contributed by atoms with E-state index in [4.69, 9.17) is 4.74 Å². The van der Waals surface area contributed by atoms with Crippen molar-refractivity contribution < 1.29 is 17.5 Å². The Balaban J connectivity index is 1.44. The zero-order valence-electron chi connectivity index (χ0n) is 15.7. The number of rotatable bonds is 5. The second-order valence-corrected chi connectivity index (χ2v) is 9.23. The molecule has 6 nitrogen and oxygen atoms in total. The van der Waals surface area contributed by atoms with E-state index in [1.165, 1.54) is 28.1 Å². The molecule has 0 N–H and O–H groups in total. The molecule has 1 aromatic carbocycles. The van der Waals surface area contributed by atoms with E-state index in [9.17, 15) is 12.8 Å². The first-order chi connectivity index (χ1) is 13.5. The number of likely N-dealkylation sites (tertiary alicyclic amines) is 1. The van der Waals surface area contributed by atoms with Gasteiger partial charge in [0.2, 0.25) is 10.0 Å². The Morgan fingerprint density at radius 3 is 2.50 bits per heavy atom. The number of hydrogen-bond donors (Lipinski definition) is 0. The van der Waals surface area contributed by atoms with Crippen molar-refractivity contribution in [1.29, 1.82) is 0 Å². The van der Waals surface area contributed by atoms with Crippen LogP contribution >= 0.6 is 0 Å². The van der Waals surface area contributed by atoms with Crippen molar-refractivity contribution in [3.63, 3.8) is 0 Å². The molecular weight excluding hydrogens is 381 g/mol. The summed E-state index contributed by atoms with van der Waals surface area (Å²) >= 11 is 0. The Labute approximate surface area is 165 Å².